The van der Waals surface area contributed by atoms with Crippen LogP contribution in [0.5, 0.6) is 0 Å². The van der Waals surface area contributed by atoms with Gasteiger partial charge >= 0.3 is 0 Å². The molecule has 0 saturated carbocycles. The van der Waals surface area contributed by atoms with Crippen molar-refractivity contribution in [2.75, 3.05) is 0 Å². The van der Waals surface area contributed by atoms with Gasteiger partial charge in [-0.1, -0.05) is 65.8 Å². The third kappa shape index (κ3) is 1.92. The molecule has 1 nitrogen and oxygen atoms in total. The second-order valence-electron chi connectivity index (χ2n) is 7.12. The topological polar surface area (TPSA) is 17.1 Å². The highest BCUT2D eigenvalue weighted by molar-refractivity contribution is 6.21. The minimum absolute atomic E-state index is 0.00905. The molecule has 0 spiro atoms. The van der Waals surface area contributed by atoms with Crippen molar-refractivity contribution in [1.82, 2.24) is 0 Å². The largest absolute Gasteiger partial charge is 0.289 e. The summed E-state index contributed by atoms with van der Waals surface area (Å²) < 4.78 is 0. The molecule has 0 unspecified atom stereocenters. The van der Waals surface area contributed by atoms with Crippen molar-refractivity contribution in [2.45, 2.75) is 41.5 Å². The summed E-state index contributed by atoms with van der Waals surface area (Å²) >= 11 is 0. The number of ketones is 1. The van der Waals surface area contributed by atoms with Crippen molar-refractivity contribution in [3.8, 4) is 0 Å². The van der Waals surface area contributed by atoms with Crippen molar-refractivity contribution in [3.05, 3.63) is 41.0 Å². The SMILES string of the molecule is CC(C)(C)C1=C(C(C)(C)C)c2ccccc2C1=O. The van der Waals surface area contributed by atoms with Gasteiger partial charge in [0.05, 0.1) is 0 Å². The average molecular weight is 242 g/mol. The molecule has 1 aliphatic carbocycles. The highest BCUT2D eigenvalue weighted by atomic mass is 16.1. The van der Waals surface area contributed by atoms with E-state index in [9.17, 15) is 4.79 Å². The third-order valence-corrected chi connectivity index (χ3v) is 3.42. The van der Waals surface area contributed by atoms with Crippen molar-refractivity contribution in [3.63, 3.8) is 0 Å². The van der Waals surface area contributed by atoms with Gasteiger partial charge in [-0.05, 0) is 22.0 Å². The summed E-state index contributed by atoms with van der Waals surface area (Å²) in [7, 11) is 0. The lowest BCUT2D eigenvalue weighted by molar-refractivity contribution is 0.101. The van der Waals surface area contributed by atoms with E-state index >= 15 is 0 Å². The highest BCUT2D eigenvalue weighted by Crippen LogP contribution is 2.48. The lowest BCUT2D eigenvalue weighted by Gasteiger charge is -2.28. The normalized spacial score (nSPS) is 16.2. The van der Waals surface area contributed by atoms with Crippen LogP contribution < -0.4 is 0 Å². The fourth-order valence-corrected chi connectivity index (χ4v) is 2.78. The molecular weight excluding hydrogens is 220 g/mol. The summed E-state index contributed by atoms with van der Waals surface area (Å²) in [5.74, 6) is 0.211. The van der Waals surface area contributed by atoms with Crippen LogP contribution in [0.1, 0.15) is 57.5 Å². The quantitative estimate of drug-likeness (QED) is 0.643. The zero-order valence-corrected chi connectivity index (χ0v) is 12.2. The molecule has 0 bridgehead atoms. The number of rotatable bonds is 0. The van der Waals surface area contributed by atoms with Gasteiger partial charge in [0.2, 0.25) is 0 Å². The Labute approximate surface area is 110 Å². The third-order valence-electron chi connectivity index (χ3n) is 3.42. The number of carbonyl (C=O) groups is 1. The van der Waals surface area contributed by atoms with E-state index in [1.807, 2.05) is 18.2 Å². The number of hydrogen-bond acceptors (Lipinski definition) is 1. The molecule has 0 atom stereocenters. The van der Waals surface area contributed by atoms with E-state index in [1.165, 1.54) is 5.57 Å². The number of hydrogen-bond donors (Lipinski definition) is 0. The first-order valence-electron chi connectivity index (χ1n) is 6.53. The lowest BCUT2D eigenvalue weighted by atomic mass is 9.75. The average Bonchev–Trinajstić information content (AvgIpc) is 2.52. The van der Waals surface area contributed by atoms with Crippen LogP contribution in [-0.4, -0.2) is 5.78 Å². The molecule has 1 aliphatic rings. The van der Waals surface area contributed by atoms with E-state index in [2.05, 4.69) is 47.6 Å². The Morgan fingerprint density at radius 3 is 1.61 bits per heavy atom. The van der Waals surface area contributed by atoms with Crippen LogP contribution in [0.15, 0.2) is 29.8 Å². The van der Waals surface area contributed by atoms with Crippen LogP contribution in [0.4, 0.5) is 0 Å². The molecule has 1 heteroatoms. The van der Waals surface area contributed by atoms with E-state index in [1.54, 1.807) is 0 Å². The van der Waals surface area contributed by atoms with E-state index in [-0.39, 0.29) is 16.6 Å². The fraction of sp³-hybridized carbons (Fsp3) is 0.471. The van der Waals surface area contributed by atoms with E-state index in [0.29, 0.717) is 0 Å². The monoisotopic (exact) mass is 242 g/mol. The molecule has 0 N–H and O–H groups in total. The molecule has 0 radical (unpaired) electrons. The lowest BCUT2D eigenvalue weighted by Crippen LogP contribution is -2.19. The predicted octanol–water partition coefficient (Wildman–Crippen LogP) is 4.73. The van der Waals surface area contributed by atoms with E-state index in [4.69, 9.17) is 0 Å². The predicted molar refractivity (Wildman–Crippen MR) is 76.6 cm³/mol. The second-order valence-corrected chi connectivity index (χ2v) is 7.12. The molecule has 96 valence electrons. The molecular formula is C17H22O. The van der Waals surface area contributed by atoms with Gasteiger partial charge in [0, 0.05) is 11.1 Å². The fourth-order valence-electron chi connectivity index (χ4n) is 2.78. The Bertz CT molecular complexity index is 533. The van der Waals surface area contributed by atoms with Crippen molar-refractivity contribution < 1.29 is 4.79 Å². The van der Waals surface area contributed by atoms with Crippen LogP contribution in [-0.2, 0) is 0 Å². The maximum atomic E-state index is 12.6. The molecule has 0 heterocycles. The Morgan fingerprint density at radius 2 is 1.17 bits per heavy atom. The first kappa shape index (κ1) is 13.1. The molecule has 0 amide bonds. The summed E-state index contributed by atoms with van der Waals surface area (Å²) in [6, 6.07) is 7.99. The number of fused-ring (bicyclic) bond motifs is 1. The van der Waals surface area contributed by atoms with Crippen LogP contribution >= 0.6 is 0 Å². The minimum atomic E-state index is -0.112. The summed E-state index contributed by atoms with van der Waals surface area (Å²) in [4.78, 5) is 12.6. The zero-order chi connectivity index (χ0) is 13.7. The molecule has 0 aliphatic heterocycles. The zero-order valence-electron chi connectivity index (χ0n) is 12.2. The highest BCUT2D eigenvalue weighted by Gasteiger charge is 2.39. The number of allylic oxidation sites excluding steroid dienone is 2. The summed E-state index contributed by atoms with van der Waals surface area (Å²) in [5, 5.41) is 0. The Balaban J connectivity index is 2.79. The van der Waals surface area contributed by atoms with Gasteiger partial charge in [0.25, 0.3) is 0 Å². The summed E-state index contributed by atoms with van der Waals surface area (Å²) in [5.41, 5.74) is 4.07. The molecule has 1 aromatic rings. The number of benzene rings is 1. The van der Waals surface area contributed by atoms with Crippen LogP contribution in [0.2, 0.25) is 0 Å². The van der Waals surface area contributed by atoms with Crippen LogP contribution in [0.25, 0.3) is 5.57 Å². The molecule has 1 aromatic carbocycles. The molecule has 18 heavy (non-hydrogen) atoms. The number of Topliss-reactive ketones (excluding diaryl/α,β-unsaturated/α-hetero) is 1. The Hall–Kier alpha value is -1.37. The smallest absolute Gasteiger partial charge is 0.190 e. The van der Waals surface area contributed by atoms with Crippen LogP contribution in [0.3, 0.4) is 0 Å². The minimum Gasteiger partial charge on any atom is -0.289 e. The Kier molecular flexibility index (Phi) is 2.77. The van der Waals surface area contributed by atoms with Gasteiger partial charge < -0.3 is 0 Å². The van der Waals surface area contributed by atoms with Gasteiger partial charge in [-0.15, -0.1) is 0 Å². The van der Waals surface area contributed by atoms with Gasteiger partial charge in [-0.2, -0.15) is 0 Å². The maximum absolute atomic E-state index is 12.6. The van der Waals surface area contributed by atoms with E-state index < -0.39 is 0 Å². The van der Waals surface area contributed by atoms with Gasteiger partial charge in [0.1, 0.15) is 0 Å². The summed E-state index contributed by atoms with van der Waals surface area (Å²) in [6.45, 7) is 12.9. The van der Waals surface area contributed by atoms with Crippen molar-refractivity contribution in [2.24, 2.45) is 10.8 Å². The maximum Gasteiger partial charge on any atom is 0.190 e. The number of carbonyl (C=O) groups excluding carboxylic acids is 1. The second kappa shape index (κ2) is 3.81. The first-order chi connectivity index (χ1) is 8.14. The van der Waals surface area contributed by atoms with Crippen molar-refractivity contribution in [1.29, 1.82) is 0 Å². The van der Waals surface area contributed by atoms with Crippen LogP contribution in [0, 0.1) is 10.8 Å². The van der Waals surface area contributed by atoms with Gasteiger partial charge in [-0.25, -0.2) is 0 Å². The molecule has 0 fully saturated rings. The molecule has 0 saturated heterocycles. The summed E-state index contributed by atoms with van der Waals surface area (Å²) in [6.07, 6.45) is 0. The van der Waals surface area contributed by atoms with Gasteiger partial charge in [0.15, 0.2) is 5.78 Å². The standard InChI is InChI=1S/C17H22O/c1-16(2,3)13-11-9-7-8-10-12(11)15(18)14(13)17(4,5)6/h7-10H,1-6H3. The molecule has 0 aromatic heterocycles. The van der Waals surface area contributed by atoms with Gasteiger partial charge in [-0.3, -0.25) is 4.79 Å². The Morgan fingerprint density at radius 1 is 0.722 bits per heavy atom. The molecule has 2 rings (SSSR count). The van der Waals surface area contributed by atoms with E-state index in [0.717, 1.165) is 16.7 Å². The van der Waals surface area contributed by atoms with Crippen molar-refractivity contribution >= 4 is 11.4 Å². The first-order valence-corrected chi connectivity index (χ1v) is 6.53.